The number of rotatable bonds is 10. The summed E-state index contributed by atoms with van der Waals surface area (Å²) < 4.78 is 10.4. The first-order chi connectivity index (χ1) is 13.0. The van der Waals surface area contributed by atoms with Gasteiger partial charge in [0.2, 0.25) is 0 Å². The molecule has 27 heavy (non-hydrogen) atoms. The van der Waals surface area contributed by atoms with E-state index in [0.717, 1.165) is 17.7 Å². The molecular formula is C18H26N3O4SSe. The molecule has 2 atom stereocenters. The van der Waals surface area contributed by atoms with Crippen LogP contribution in [0, 0.1) is 0 Å². The number of esters is 1. The molecule has 0 aliphatic carbocycles. The number of amidine groups is 1. The number of carbonyl (C=O) groups is 2. The van der Waals surface area contributed by atoms with Crippen molar-refractivity contribution in [2.75, 3.05) is 25.7 Å². The summed E-state index contributed by atoms with van der Waals surface area (Å²) in [6.07, 6.45) is 2.29. The van der Waals surface area contributed by atoms with Gasteiger partial charge in [-0.05, 0) is 0 Å². The van der Waals surface area contributed by atoms with Crippen molar-refractivity contribution in [1.29, 1.82) is 0 Å². The van der Waals surface area contributed by atoms with Gasteiger partial charge in [0.05, 0.1) is 0 Å². The maximum absolute atomic E-state index is 12.1. The summed E-state index contributed by atoms with van der Waals surface area (Å²) in [6, 6.07) is 8.83. The van der Waals surface area contributed by atoms with Gasteiger partial charge >= 0.3 is 173 Å². The van der Waals surface area contributed by atoms with Gasteiger partial charge in [-0.3, -0.25) is 0 Å². The number of hydrogen-bond donors (Lipinski definition) is 2. The van der Waals surface area contributed by atoms with Crippen molar-refractivity contribution < 1.29 is 19.1 Å². The van der Waals surface area contributed by atoms with Crippen molar-refractivity contribution >= 4 is 44.6 Å². The minimum atomic E-state index is -0.511. The molecule has 2 N–H and O–H groups in total. The van der Waals surface area contributed by atoms with Crippen LogP contribution in [0.2, 0.25) is 0 Å². The molecule has 0 fully saturated rings. The van der Waals surface area contributed by atoms with Gasteiger partial charge in [-0.2, -0.15) is 0 Å². The molecule has 0 aliphatic rings. The summed E-state index contributed by atoms with van der Waals surface area (Å²) in [5.74, 6) is 0.507. The molecule has 0 saturated carbocycles. The van der Waals surface area contributed by atoms with E-state index < -0.39 is 12.1 Å². The van der Waals surface area contributed by atoms with E-state index in [1.54, 1.807) is 18.7 Å². The number of benzene rings is 1. The molecule has 7 nitrogen and oxygen atoms in total. The monoisotopic (exact) mass is 460 g/mol. The van der Waals surface area contributed by atoms with E-state index in [-0.39, 0.29) is 18.6 Å². The van der Waals surface area contributed by atoms with Crippen molar-refractivity contribution in [3.63, 3.8) is 0 Å². The van der Waals surface area contributed by atoms with Crippen molar-refractivity contribution in [2.24, 2.45) is 4.99 Å². The number of alkyl carbamates (subject to hydrolysis) is 1. The molecule has 0 aliphatic heterocycles. The topological polar surface area (TPSA) is 89.0 Å². The number of hydrogen-bond acceptors (Lipinski definition) is 6. The van der Waals surface area contributed by atoms with E-state index in [9.17, 15) is 9.59 Å². The number of carbonyl (C=O) groups excluding carboxylic acids is 2. The molecule has 149 valence electrons. The summed E-state index contributed by atoms with van der Waals surface area (Å²) >= 11 is 4.47. The number of thioether (sulfide) groups is 1. The molecule has 1 aromatic rings. The van der Waals surface area contributed by atoms with E-state index >= 15 is 0 Å². The van der Waals surface area contributed by atoms with Crippen LogP contribution in [0.5, 0.6) is 0 Å². The van der Waals surface area contributed by atoms with Crippen LogP contribution in [0.1, 0.15) is 18.9 Å². The molecule has 9 heteroatoms. The van der Waals surface area contributed by atoms with Gasteiger partial charge < -0.3 is 0 Å². The zero-order chi connectivity index (χ0) is 20.1. The Morgan fingerprint density at radius 2 is 1.96 bits per heavy atom. The van der Waals surface area contributed by atoms with Gasteiger partial charge in [0.25, 0.3) is 0 Å². The fourth-order valence-corrected chi connectivity index (χ4v) is 3.11. The number of amides is 1. The minimum absolute atomic E-state index is 0.167. The van der Waals surface area contributed by atoms with Crippen LogP contribution < -0.4 is 10.6 Å². The molecule has 1 amide bonds. The second kappa shape index (κ2) is 13.5. The average Bonchev–Trinajstić information content (AvgIpc) is 2.68. The van der Waals surface area contributed by atoms with Crippen LogP contribution in [-0.2, 0) is 20.9 Å². The Labute approximate surface area is 172 Å². The van der Waals surface area contributed by atoms with E-state index in [4.69, 9.17) is 4.74 Å². The quantitative estimate of drug-likeness (QED) is 0.240. The van der Waals surface area contributed by atoms with Crippen molar-refractivity contribution in [2.45, 2.75) is 32.0 Å². The van der Waals surface area contributed by atoms with E-state index in [0.29, 0.717) is 11.3 Å². The molecule has 1 rings (SSSR count). The van der Waals surface area contributed by atoms with Gasteiger partial charge in [0.15, 0.2) is 0 Å². The number of nitrogens with one attached hydrogen (secondary N) is 2. The van der Waals surface area contributed by atoms with Crippen LogP contribution >= 0.6 is 11.8 Å². The number of aliphatic imine (C=N–C) groups is 1. The van der Waals surface area contributed by atoms with Gasteiger partial charge in [0, 0.05) is 0 Å². The Morgan fingerprint density at radius 3 is 2.59 bits per heavy atom. The third-order valence-corrected chi connectivity index (χ3v) is 4.72. The molecule has 0 spiro atoms. The van der Waals surface area contributed by atoms with Crippen LogP contribution in [0.4, 0.5) is 4.79 Å². The zero-order valence-corrected chi connectivity index (χ0v) is 18.3. The fraction of sp³-hybridized carbons (Fsp3) is 0.500. The molecule has 0 saturated heterocycles. The van der Waals surface area contributed by atoms with Crippen LogP contribution in [0.25, 0.3) is 0 Å². The van der Waals surface area contributed by atoms with Gasteiger partial charge in [-0.15, -0.1) is 0 Å². The number of methoxy groups -OCH3 is 1. The summed E-state index contributed by atoms with van der Waals surface area (Å²) in [5, 5.41) is 5.76. The van der Waals surface area contributed by atoms with Gasteiger partial charge in [-0.25, -0.2) is 0 Å². The fourth-order valence-electron chi connectivity index (χ4n) is 2.06. The summed E-state index contributed by atoms with van der Waals surface area (Å²) in [7, 11) is 1.33. The van der Waals surface area contributed by atoms with Crippen LogP contribution in [0.15, 0.2) is 35.3 Å². The second-order valence-corrected chi connectivity index (χ2v) is 7.52. The molecule has 0 bridgehead atoms. The zero-order valence-electron chi connectivity index (χ0n) is 15.8. The van der Waals surface area contributed by atoms with E-state index in [2.05, 4.69) is 36.4 Å². The number of nitrogens with zero attached hydrogens (tertiary/aromatic N) is 1. The molecular weight excluding hydrogens is 433 g/mol. The third kappa shape index (κ3) is 10.3. The Hall–Kier alpha value is -1.70. The molecule has 0 aromatic heterocycles. The molecule has 0 unspecified atom stereocenters. The first-order valence-electron chi connectivity index (χ1n) is 8.48. The van der Waals surface area contributed by atoms with Crippen molar-refractivity contribution in [3.8, 4) is 0 Å². The van der Waals surface area contributed by atoms with Crippen LogP contribution in [-0.4, -0.2) is 70.6 Å². The molecule has 1 radical (unpaired) electrons. The summed E-state index contributed by atoms with van der Waals surface area (Å²) in [6.45, 7) is 2.27. The maximum atomic E-state index is 12.1. The summed E-state index contributed by atoms with van der Waals surface area (Å²) in [5.41, 5.74) is 0.928. The van der Waals surface area contributed by atoms with E-state index in [1.165, 1.54) is 7.11 Å². The molecule has 0 heterocycles. The van der Waals surface area contributed by atoms with Crippen molar-refractivity contribution in [3.05, 3.63) is 35.9 Å². The Balaban J connectivity index is 2.52. The predicted octanol–water partition coefficient (Wildman–Crippen LogP) is 1.71. The third-order valence-electron chi connectivity index (χ3n) is 3.56. The first-order valence-corrected chi connectivity index (χ1v) is 10.7. The summed E-state index contributed by atoms with van der Waals surface area (Å²) in [4.78, 5) is 27.9. The second-order valence-electron chi connectivity index (χ2n) is 5.72. The predicted molar refractivity (Wildman–Crippen MR) is 109 cm³/mol. The molecule has 1 aromatic carbocycles. The Morgan fingerprint density at radius 1 is 1.26 bits per heavy atom. The first kappa shape index (κ1) is 23.3. The van der Waals surface area contributed by atoms with Gasteiger partial charge in [0.1, 0.15) is 0 Å². The Kier molecular flexibility index (Phi) is 11.6. The average molecular weight is 459 g/mol. The number of ether oxygens (including phenoxy) is 2. The standard InChI is InChI=1S/C18H26N3O4SSe/c1-13(16(22)24-2)20-17(27)19-11-15(9-10-26-3)21-18(23)25-12-14-7-5-4-6-8-14/h4-8,13,15H,9-12H2,1-3H3,(H,19,20)(H,21,23)/t13-,15-/m0/s1. The van der Waals surface area contributed by atoms with Gasteiger partial charge in [-0.1, -0.05) is 0 Å². The van der Waals surface area contributed by atoms with E-state index in [1.807, 2.05) is 36.6 Å². The van der Waals surface area contributed by atoms with Crippen LogP contribution in [0.3, 0.4) is 0 Å². The van der Waals surface area contributed by atoms with Crippen molar-refractivity contribution in [1.82, 2.24) is 10.6 Å². The Bertz CT molecular complexity index is 616. The normalized spacial score (nSPS) is 13.4. The SMILES string of the molecule is COC(=O)[C@H](C)NC([Se])=NC[C@H](CCSC)NC(=O)OCc1ccccc1.